The van der Waals surface area contributed by atoms with Crippen molar-refractivity contribution in [1.82, 2.24) is 4.98 Å². The molecule has 0 unspecified atom stereocenters. The van der Waals surface area contributed by atoms with Crippen molar-refractivity contribution in [1.29, 1.82) is 0 Å². The number of pyridine rings is 1. The molecule has 0 amide bonds. The average Bonchev–Trinajstić information content (AvgIpc) is 2.44. The van der Waals surface area contributed by atoms with Crippen molar-refractivity contribution in [3.63, 3.8) is 0 Å². The molecule has 0 bridgehead atoms. The number of carbonyl (C=O) groups is 1. The molecule has 0 aliphatic heterocycles. The molecule has 104 valence electrons. The number of aromatic nitrogens is 1. The quantitative estimate of drug-likeness (QED) is 0.842. The normalized spacial score (nSPS) is 10.2. The molecule has 2 aromatic rings. The molecule has 1 aromatic heterocycles. The first-order chi connectivity index (χ1) is 9.52. The highest BCUT2D eigenvalue weighted by molar-refractivity contribution is 9.10. The van der Waals surface area contributed by atoms with E-state index in [-0.39, 0.29) is 11.3 Å². The molecule has 0 spiro atoms. The first-order valence-corrected chi connectivity index (χ1v) is 6.68. The number of methoxy groups -OCH3 is 1. The highest BCUT2D eigenvalue weighted by Gasteiger charge is 2.14. The summed E-state index contributed by atoms with van der Waals surface area (Å²) in [6.07, 6.45) is 1.51. The number of rotatable bonds is 3. The van der Waals surface area contributed by atoms with Crippen LogP contribution in [0.5, 0.6) is 0 Å². The number of hydrogen-bond donors (Lipinski definition) is 2. The Balaban J connectivity index is 2.34. The molecule has 0 saturated heterocycles. The van der Waals surface area contributed by atoms with Gasteiger partial charge in [-0.05, 0) is 30.7 Å². The summed E-state index contributed by atoms with van der Waals surface area (Å²) in [6, 6.07) is 7.32. The van der Waals surface area contributed by atoms with Gasteiger partial charge in [-0.25, -0.2) is 9.78 Å². The lowest BCUT2D eigenvalue weighted by Gasteiger charge is -2.11. The van der Waals surface area contributed by atoms with Crippen LogP contribution in [0.15, 0.2) is 34.9 Å². The number of nitrogens with one attached hydrogen (secondary N) is 1. The number of nitrogens with two attached hydrogens (primary N) is 1. The maximum absolute atomic E-state index is 11.6. The number of carbonyl (C=O) groups excluding carboxylic acids is 1. The van der Waals surface area contributed by atoms with Gasteiger partial charge < -0.3 is 15.8 Å². The zero-order valence-electron chi connectivity index (χ0n) is 11.1. The summed E-state index contributed by atoms with van der Waals surface area (Å²) in [5.41, 5.74) is 8.43. The van der Waals surface area contributed by atoms with Gasteiger partial charge in [0.05, 0.1) is 18.4 Å². The summed E-state index contributed by atoms with van der Waals surface area (Å²) >= 11 is 3.46. The Morgan fingerprint density at radius 3 is 2.80 bits per heavy atom. The van der Waals surface area contributed by atoms with E-state index in [4.69, 9.17) is 5.73 Å². The largest absolute Gasteiger partial charge is 0.465 e. The number of anilines is 3. The molecule has 0 aliphatic rings. The third kappa shape index (κ3) is 2.91. The smallest absolute Gasteiger partial charge is 0.340 e. The lowest BCUT2D eigenvalue weighted by molar-refractivity contribution is 0.0602. The van der Waals surface area contributed by atoms with Gasteiger partial charge in [0.2, 0.25) is 0 Å². The number of aryl methyl sites for hydroxylation is 1. The fourth-order valence-corrected chi connectivity index (χ4v) is 2.05. The molecular formula is C14H14BrN3O2. The predicted octanol–water partition coefficient (Wildman–Crippen LogP) is 3.26. The van der Waals surface area contributed by atoms with Crippen LogP contribution in [0.1, 0.15) is 15.9 Å². The second-order valence-electron chi connectivity index (χ2n) is 4.20. The van der Waals surface area contributed by atoms with Gasteiger partial charge in [0.25, 0.3) is 0 Å². The molecule has 0 radical (unpaired) electrons. The number of benzene rings is 1. The Hall–Kier alpha value is -2.08. The number of nitrogen functional groups attached to an aromatic ring is 1. The minimum atomic E-state index is -0.488. The van der Waals surface area contributed by atoms with E-state index in [1.165, 1.54) is 19.4 Å². The maximum atomic E-state index is 11.6. The van der Waals surface area contributed by atoms with Crippen molar-refractivity contribution in [2.45, 2.75) is 6.92 Å². The van der Waals surface area contributed by atoms with Crippen LogP contribution in [-0.2, 0) is 4.74 Å². The molecule has 6 heteroatoms. The van der Waals surface area contributed by atoms with Gasteiger partial charge in [0, 0.05) is 16.4 Å². The van der Waals surface area contributed by atoms with Gasteiger partial charge in [-0.2, -0.15) is 0 Å². The fourth-order valence-electron chi connectivity index (χ4n) is 1.67. The van der Waals surface area contributed by atoms with E-state index in [0.29, 0.717) is 5.82 Å². The minimum absolute atomic E-state index is 0.260. The summed E-state index contributed by atoms with van der Waals surface area (Å²) in [4.78, 5) is 15.7. The van der Waals surface area contributed by atoms with E-state index in [0.717, 1.165) is 15.7 Å². The zero-order chi connectivity index (χ0) is 14.7. The van der Waals surface area contributed by atoms with E-state index in [9.17, 15) is 4.79 Å². The SMILES string of the molecule is COC(=O)c1ccnc(Nc2ccc(C)c(Br)c2)c1N. The number of halogens is 1. The molecule has 1 heterocycles. The maximum Gasteiger partial charge on any atom is 0.340 e. The minimum Gasteiger partial charge on any atom is -0.465 e. The summed E-state index contributed by atoms with van der Waals surface area (Å²) in [5, 5.41) is 3.09. The number of esters is 1. The van der Waals surface area contributed by atoms with Crippen LogP contribution in [0.3, 0.4) is 0 Å². The Labute approximate surface area is 125 Å². The number of nitrogens with zero attached hydrogens (tertiary/aromatic N) is 1. The van der Waals surface area contributed by atoms with Crippen LogP contribution in [0.2, 0.25) is 0 Å². The zero-order valence-corrected chi connectivity index (χ0v) is 12.7. The summed E-state index contributed by atoms with van der Waals surface area (Å²) in [6.45, 7) is 2.00. The van der Waals surface area contributed by atoms with Crippen LogP contribution in [-0.4, -0.2) is 18.1 Å². The average molecular weight is 336 g/mol. The standard InChI is InChI=1S/C14H14BrN3O2/c1-8-3-4-9(7-11(8)15)18-13-12(16)10(5-6-17-13)14(19)20-2/h3-7H,16H2,1-2H3,(H,17,18). The van der Waals surface area contributed by atoms with E-state index in [2.05, 4.69) is 31.0 Å². The number of ether oxygens (including phenoxy) is 1. The van der Waals surface area contributed by atoms with Crippen molar-refractivity contribution < 1.29 is 9.53 Å². The van der Waals surface area contributed by atoms with E-state index in [1.54, 1.807) is 0 Å². The third-order valence-corrected chi connectivity index (χ3v) is 3.68. The summed E-state index contributed by atoms with van der Waals surface area (Å²) in [7, 11) is 1.31. The first kappa shape index (κ1) is 14.3. The molecular weight excluding hydrogens is 322 g/mol. The summed E-state index contributed by atoms with van der Waals surface area (Å²) < 4.78 is 5.65. The van der Waals surface area contributed by atoms with Crippen LogP contribution >= 0.6 is 15.9 Å². The van der Waals surface area contributed by atoms with Gasteiger partial charge in [0.1, 0.15) is 0 Å². The first-order valence-electron chi connectivity index (χ1n) is 5.89. The van der Waals surface area contributed by atoms with Crippen molar-refractivity contribution in [3.05, 3.63) is 46.1 Å². The Bertz CT molecular complexity index is 659. The van der Waals surface area contributed by atoms with Crippen LogP contribution in [0.4, 0.5) is 17.2 Å². The fraction of sp³-hybridized carbons (Fsp3) is 0.143. The molecule has 5 nitrogen and oxygen atoms in total. The molecule has 3 N–H and O–H groups in total. The lowest BCUT2D eigenvalue weighted by Crippen LogP contribution is -2.09. The van der Waals surface area contributed by atoms with Gasteiger partial charge in [0.15, 0.2) is 5.82 Å². The van der Waals surface area contributed by atoms with E-state index >= 15 is 0 Å². The number of hydrogen-bond acceptors (Lipinski definition) is 5. The topological polar surface area (TPSA) is 77.2 Å². The van der Waals surface area contributed by atoms with Crippen LogP contribution in [0.25, 0.3) is 0 Å². The molecule has 20 heavy (non-hydrogen) atoms. The lowest BCUT2D eigenvalue weighted by atomic mass is 10.2. The molecule has 2 rings (SSSR count). The Kier molecular flexibility index (Phi) is 4.24. The Morgan fingerprint density at radius 1 is 1.40 bits per heavy atom. The van der Waals surface area contributed by atoms with Crippen molar-refractivity contribution in [2.75, 3.05) is 18.2 Å². The predicted molar refractivity (Wildman–Crippen MR) is 82.2 cm³/mol. The van der Waals surface area contributed by atoms with Crippen molar-refractivity contribution >= 4 is 39.1 Å². The van der Waals surface area contributed by atoms with Gasteiger partial charge >= 0.3 is 5.97 Å². The van der Waals surface area contributed by atoms with E-state index < -0.39 is 5.97 Å². The van der Waals surface area contributed by atoms with Crippen molar-refractivity contribution in [2.24, 2.45) is 0 Å². The highest BCUT2D eigenvalue weighted by Crippen LogP contribution is 2.27. The molecule has 0 fully saturated rings. The van der Waals surface area contributed by atoms with Crippen molar-refractivity contribution in [3.8, 4) is 0 Å². The summed E-state index contributed by atoms with van der Waals surface area (Å²) in [5.74, 6) is -0.0679. The molecule has 0 saturated carbocycles. The highest BCUT2D eigenvalue weighted by atomic mass is 79.9. The van der Waals surface area contributed by atoms with Crippen LogP contribution in [0, 0.1) is 6.92 Å². The van der Waals surface area contributed by atoms with Gasteiger partial charge in [-0.1, -0.05) is 22.0 Å². The Morgan fingerprint density at radius 2 is 2.15 bits per heavy atom. The second-order valence-corrected chi connectivity index (χ2v) is 5.06. The molecule has 1 aromatic carbocycles. The van der Waals surface area contributed by atoms with E-state index in [1.807, 2.05) is 25.1 Å². The second kappa shape index (κ2) is 5.92. The monoisotopic (exact) mass is 335 g/mol. The van der Waals surface area contributed by atoms with Gasteiger partial charge in [-0.3, -0.25) is 0 Å². The van der Waals surface area contributed by atoms with Crippen LogP contribution < -0.4 is 11.1 Å². The third-order valence-electron chi connectivity index (χ3n) is 2.83. The molecule has 0 aliphatic carbocycles. The molecule has 0 atom stereocenters. The van der Waals surface area contributed by atoms with Gasteiger partial charge in [-0.15, -0.1) is 0 Å².